The number of hydrogen-bond donors (Lipinski definition) is 8. The normalized spacial score (nSPS) is 17.1. The molecule has 0 aromatic heterocycles. The smallest absolute Gasteiger partial charge is 0.317 e. The number of aliphatic hydroxyl groups excluding tert-OH is 5. The van der Waals surface area contributed by atoms with E-state index in [0.29, 0.717) is 0 Å². The highest BCUT2D eigenvalue weighted by molar-refractivity contribution is 5.78. The summed E-state index contributed by atoms with van der Waals surface area (Å²) in [4.78, 5) is 21.4. The van der Waals surface area contributed by atoms with Gasteiger partial charge in [0, 0.05) is 6.54 Å². The number of amides is 1. The lowest BCUT2D eigenvalue weighted by Crippen LogP contribution is -2.50. The Bertz CT molecular complexity index is 314. The third-order valence-electron chi connectivity index (χ3n) is 2.40. The molecule has 0 spiro atoms. The zero-order valence-corrected chi connectivity index (χ0v) is 10.6. The summed E-state index contributed by atoms with van der Waals surface area (Å²) in [7, 11) is 0. The lowest BCUT2D eigenvalue weighted by atomic mass is 10.0. The predicted molar refractivity (Wildman–Crippen MR) is 64.6 cm³/mol. The number of carboxylic acid groups (broad SMARTS) is 1. The molecule has 0 heterocycles. The van der Waals surface area contributed by atoms with Gasteiger partial charge in [0.2, 0.25) is 5.91 Å². The minimum absolute atomic E-state index is 0.295. The van der Waals surface area contributed by atoms with Crippen LogP contribution in [-0.4, -0.2) is 93.2 Å². The van der Waals surface area contributed by atoms with Crippen LogP contribution in [0, 0.1) is 0 Å². The molecule has 0 aliphatic rings. The van der Waals surface area contributed by atoms with Gasteiger partial charge in [-0.3, -0.25) is 14.9 Å². The quantitative estimate of drug-likeness (QED) is 0.196. The van der Waals surface area contributed by atoms with Gasteiger partial charge in [-0.05, 0) is 0 Å². The number of carbonyl (C=O) groups excluding carboxylic acids is 1. The maximum absolute atomic E-state index is 11.2. The monoisotopic (exact) mass is 296 g/mol. The van der Waals surface area contributed by atoms with E-state index < -0.39 is 56.0 Å². The number of carboxylic acids is 1. The second-order valence-corrected chi connectivity index (χ2v) is 4.10. The molecule has 0 aliphatic carbocycles. The maximum atomic E-state index is 11.2. The minimum Gasteiger partial charge on any atom is -0.480 e. The highest BCUT2D eigenvalue weighted by atomic mass is 16.4. The second kappa shape index (κ2) is 9.58. The van der Waals surface area contributed by atoms with Crippen LogP contribution in [-0.2, 0) is 9.59 Å². The van der Waals surface area contributed by atoms with Crippen LogP contribution in [0.15, 0.2) is 0 Å². The fraction of sp³-hybridized carbons (Fsp3) is 0.800. The van der Waals surface area contributed by atoms with Gasteiger partial charge in [0.15, 0.2) is 0 Å². The van der Waals surface area contributed by atoms with E-state index in [1.807, 2.05) is 0 Å². The Morgan fingerprint density at radius 1 is 0.950 bits per heavy atom. The van der Waals surface area contributed by atoms with E-state index in [1.54, 1.807) is 0 Å². The summed E-state index contributed by atoms with van der Waals surface area (Å²) in [5, 5.41) is 58.7. The number of hydrogen-bond acceptors (Lipinski definition) is 8. The number of aliphatic hydroxyl groups is 5. The van der Waals surface area contributed by atoms with E-state index in [0.717, 1.165) is 0 Å². The number of rotatable bonds is 10. The Balaban J connectivity index is 3.99. The van der Waals surface area contributed by atoms with Gasteiger partial charge in [-0.1, -0.05) is 0 Å². The van der Waals surface area contributed by atoms with Crippen molar-refractivity contribution in [1.82, 2.24) is 10.6 Å². The largest absolute Gasteiger partial charge is 0.480 e. The van der Waals surface area contributed by atoms with E-state index in [2.05, 4.69) is 10.6 Å². The van der Waals surface area contributed by atoms with Gasteiger partial charge in [0.1, 0.15) is 18.3 Å². The van der Waals surface area contributed by atoms with Crippen molar-refractivity contribution in [3.05, 3.63) is 0 Å². The van der Waals surface area contributed by atoms with Crippen LogP contribution in [0.3, 0.4) is 0 Å². The van der Waals surface area contributed by atoms with E-state index in [-0.39, 0.29) is 6.54 Å². The van der Waals surface area contributed by atoms with Crippen LogP contribution >= 0.6 is 0 Å². The van der Waals surface area contributed by atoms with Crippen LogP contribution in [0.2, 0.25) is 0 Å². The Morgan fingerprint density at radius 3 is 2.00 bits per heavy atom. The Hall–Kier alpha value is -1.30. The summed E-state index contributed by atoms with van der Waals surface area (Å²) in [5.41, 5.74) is 0. The summed E-state index contributed by atoms with van der Waals surface area (Å²) in [6.07, 6.45) is -6.70. The first-order valence-electron chi connectivity index (χ1n) is 5.82. The average molecular weight is 296 g/mol. The average Bonchev–Trinajstić information content (AvgIpc) is 2.41. The number of nitrogens with one attached hydrogen (secondary N) is 2. The second-order valence-electron chi connectivity index (χ2n) is 4.10. The van der Waals surface area contributed by atoms with Crippen LogP contribution in [0.4, 0.5) is 0 Å². The van der Waals surface area contributed by atoms with Crippen molar-refractivity contribution in [3.8, 4) is 0 Å². The first-order valence-corrected chi connectivity index (χ1v) is 5.82. The molecule has 8 N–H and O–H groups in total. The SMILES string of the molecule is O=C(O)CNCC(=O)NC[C@H](O)[C@@H](O)[C@H](O)[C@H](O)CO. The number of carbonyl (C=O) groups is 2. The molecular formula is C10H20N2O8. The fourth-order valence-corrected chi connectivity index (χ4v) is 1.25. The van der Waals surface area contributed by atoms with Crippen molar-refractivity contribution in [2.45, 2.75) is 24.4 Å². The molecule has 0 aromatic carbocycles. The first kappa shape index (κ1) is 18.7. The minimum atomic E-state index is -1.77. The van der Waals surface area contributed by atoms with Gasteiger partial charge in [-0.15, -0.1) is 0 Å². The standard InChI is InChI=1S/C10H20N2O8/c13-4-6(15)10(20)9(19)5(14)1-12-7(16)2-11-3-8(17)18/h5-6,9-11,13-15,19-20H,1-4H2,(H,12,16)(H,17,18)/t5-,6+,9+,10+/m0/s1. The van der Waals surface area contributed by atoms with Gasteiger partial charge >= 0.3 is 5.97 Å². The highest BCUT2D eigenvalue weighted by Gasteiger charge is 2.30. The summed E-state index contributed by atoms with van der Waals surface area (Å²) >= 11 is 0. The van der Waals surface area contributed by atoms with Crippen molar-refractivity contribution >= 4 is 11.9 Å². The van der Waals surface area contributed by atoms with Crippen LogP contribution in [0.25, 0.3) is 0 Å². The molecule has 1 amide bonds. The van der Waals surface area contributed by atoms with Crippen molar-refractivity contribution in [1.29, 1.82) is 0 Å². The molecule has 0 unspecified atom stereocenters. The Labute approximate surface area is 114 Å². The molecule has 20 heavy (non-hydrogen) atoms. The molecule has 10 nitrogen and oxygen atoms in total. The van der Waals surface area contributed by atoms with Crippen LogP contribution in [0.1, 0.15) is 0 Å². The molecule has 0 radical (unpaired) electrons. The molecule has 10 heteroatoms. The summed E-state index contributed by atoms with van der Waals surface area (Å²) in [6, 6.07) is 0. The van der Waals surface area contributed by atoms with Gasteiger partial charge in [-0.25, -0.2) is 0 Å². The molecule has 118 valence electrons. The van der Waals surface area contributed by atoms with Crippen molar-refractivity contribution in [2.75, 3.05) is 26.2 Å². The van der Waals surface area contributed by atoms with Crippen LogP contribution in [0.5, 0.6) is 0 Å². The molecule has 4 atom stereocenters. The van der Waals surface area contributed by atoms with Gasteiger partial charge in [0.05, 0.1) is 25.8 Å². The molecule has 0 saturated heterocycles. The Morgan fingerprint density at radius 2 is 1.50 bits per heavy atom. The molecule has 0 aromatic rings. The molecular weight excluding hydrogens is 276 g/mol. The van der Waals surface area contributed by atoms with Crippen molar-refractivity contribution in [2.24, 2.45) is 0 Å². The van der Waals surface area contributed by atoms with E-state index in [4.69, 9.17) is 15.3 Å². The lowest BCUT2D eigenvalue weighted by molar-refractivity contribution is -0.136. The van der Waals surface area contributed by atoms with E-state index in [9.17, 15) is 24.9 Å². The third-order valence-corrected chi connectivity index (χ3v) is 2.40. The Kier molecular flexibility index (Phi) is 8.96. The zero-order chi connectivity index (χ0) is 15.7. The van der Waals surface area contributed by atoms with Crippen molar-refractivity contribution in [3.63, 3.8) is 0 Å². The van der Waals surface area contributed by atoms with Gasteiger partial charge in [-0.2, -0.15) is 0 Å². The fourth-order valence-electron chi connectivity index (χ4n) is 1.25. The van der Waals surface area contributed by atoms with Gasteiger partial charge in [0.25, 0.3) is 0 Å². The van der Waals surface area contributed by atoms with E-state index >= 15 is 0 Å². The third kappa shape index (κ3) is 7.33. The molecule has 0 rings (SSSR count). The van der Waals surface area contributed by atoms with Crippen molar-refractivity contribution < 1.29 is 40.2 Å². The zero-order valence-electron chi connectivity index (χ0n) is 10.6. The molecule has 0 fully saturated rings. The maximum Gasteiger partial charge on any atom is 0.317 e. The first-order chi connectivity index (χ1) is 9.29. The molecule has 0 saturated carbocycles. The van der Waals surface area contributed by atoms with Gasteiger partial charge < -0.3 is 36.0 Å². The predicted octanol–water partition coefficient (Wildman–Crippen LogP) is -4.79. The summed E-state index contributed by atoms with van der Waals surface area (Å²) in [6.45, 7) is -1.91. The molecule has 0 aliphatic heterocycles. The topological polar surface area (TPSA) is 180 Å². The summed E-state index contributed by atoms with van der Waals surface area (Å²) < 4.78 is 0. The lowest BCUT2D eigenvalue weighted by Gasteiger charge is -2.25. The van der Waals surface area contributed by atoms with E-state index in [1.165, 1.54) is 0 Å². The molecule has 0 bridgehead atoms. The summed E-state index contributed by atoms with van der Waals surface area (Å²) in [5.74, 6) is -1.75. The van der Waals surface area contributed by atoms with Crippen LogP contribution < -0.4 is 10.6 Å². The highest BCUT2D eigenvalue weighted by Crippen LogP contribution is 2.04. The number of aliphatic carboxylic acids is 1.